The van der Waals surface area contributed by atoms with Gasteiger partial charge in [0, 0.05) is 12.6 Å². The molecule has 0 aliphatic rings. The molecule has 0 fully saturated rings. The number of rotatable bonds is 7. The summed E-state index contributed by atoms with van der Waals surface area (Å²) >= 11 is 0. The van der Waals surface area contributed by atoms with Gasteiger partial charge in [-0.1, -0.05) is 39.7 Å². The lowest BCUT2D eigenvalue weighted by Crippen LogP contribution is -2.22. The smallest absolute Gasteiger partial charge is 0.315 e. The molecule has 1 aromatic heterocycles. The van der Waals surface area contributed by atoms with Crippen LogP contribution in [-0.4, -0.2) is 22.8 Å². The number of anilines is 1. The van der Waals surface area contributed by atoms with Crippen molar-refractivity contribution in [1.29, 1.82) is 0 Å². The van der Waals surface area contributed by atoms with E-state index in [0.717, 1.165) is 13.0 Å². The van der Waals surface area contributed by atoms with Crippen molar-refractivity contribution in [3.05, 3.63) is 5.89 Å². The van der Waals surface area contributed by atoms with Gasteiger partial charge >= 0.3 is 6.01 Å². The van der Waals surface area contributed by atoms with Gasteiger partial charge in [-0.25, -0.2) is 0 Å². The third kappa shape index (κ3) is 5.17. The fourth-order valence-electron chi connectivity index (χ4n) is 1.13. The molecule has 0 saturated heterocycles. The summed E-state index contributed by atoms with van der Waals surface area (Å²) < 4.78 is 5.48. The van der Waals surface area contributed by atoms with Crippen LogP contribution in [0.4, 0.5) is 6.01 Å². The van der Waals surface area contributed by atoms with Crippen molar-refractivity contribution < 1.29 is 4.42 Å². The zero-order valence-corrected chi connectivity index (χ0v) is 11.5. The minimum Gasteiger partial charge on any atom is -0.407 e. The fourth-order valence-corrected chi connectivity index (χ4v) is 1.13. The third-order valence-corrected chi connectivity index (χ3v) is 2.80. The summed E-state index contributed by atoms with van der Waals surface area (Å²) in [6.07, 6.45) is 1.11. The zero-order valence-electron chi connectivity index (χ0n) is 11.5. The Hall–Kier alpha value is -1.10. The summed E-state index contributed by atoms with van der Waals surface area (Å²) in [6.45, 7) is 12.2. The van der Waals surface area contributed by atoms with E-state index in [-0.39, 0.29) is 5.41 Å². The minimum absolute atomic E-state index is 0.241. The van der Waals surface area contributed by atoms with Crippen LogP contribution in [0.2, 0.25) is 0 Å². The Kier molecular flexibility index (Phi) is 4.93. The molecule has 0 unspecified atom stereocenters. The van der Waals surface area contributed by atoms with Crippen molar-refractivity contribution in [2.24, 2.45) is 5.41 Å². The zero-order chi connectivity index (χ0) is 12.9. The van der Waals surface area contributed by atoms with Crippen LogP contribution in [0.15, 0.2) is 4.42 Å². The van der Waals surface area contributed by atoms with Crippen LogP contribution >= 0.6 is 0 Å². The van der Waals surface area contributed by atoms with Crippen molar-refractivity contribution in [3.63, 3.8) is 0 Å². The molecule has 0 aliphatic heterocycles. The van der Waals surface area contributed by atoms with Crippen LogP contribution in [0.1, 0.15) is 46.9 Å². The maximum Gasteiger partial charge on any atom is 0.315 e. The van der Waals surface area contributed by atoms with Crippen LogP contribution in [0.25, 0.3) is 0 Å². The average Bonchev–Trinajstić information content (AvgIpc) is 2.72. The molecule has 0 bridgehead atoms. The highest BCUT2D eigenvalue weighted by molar-refractivity contribution is 5.17. The second kappa shape index (κ2) is 6.00. The number of nitrogens with zero attached hydrogens (tertiary/aromatic N) is 2. The highest BCUT2D eigenvalue weighted by Gasteiger charge is 2.16. The summed E-state index contributed by atoms with van der Waals surface area (Å²) in [6, 6.07) is 0.921. The van der Waals surface area contributed by atoms with E-state index in [9.17, 15) is 0 Å². The molecule has 1 rings (SSSR count). The Bertz CT molecular complexity index is 333. The van der Waals surface area contributed by atoms with Crippen LogP contribution in [0.5, 0.6) is 0 Å². The van der Waals surface area contributed by atoms with Gasteiger partial charge in [-0.3, -0.25) is 0 Å². The summed E-state index contributed by atoms with van der Waals surface area (Å²) in [5, 5.41) is 14.3. The monoisotopic (exact) mass is 240 g/mol. The van der Waals surface area contributed by atoms with Gasteiger partial charge < -0.3 is 15.1 Å². The van der Waals surface area contributed by atoms with Crippen molar-refractivity contribution in [1.82, 2.24) is 15.5 Å². The molecule has 1 heterocycles. The Morgan fingerprint density at radius 2 is 2.00 bits per heavy atom. The van der Waals surface area contributed by atoms with Crippen molar-refractivity contribution in [2.45, 2.75) is 53.6 Å². The van der Waals surface area contributed by atoms with E-state index in [0.29, 0.717) is 24.5 Å². The second-order valence-corrected chi connectivity index (χ2v) is 5.41. The van der Waals surface area contributed by atoms with Crippen LogP contribution < -0.4 is 10.6 Å². The highest BCUT2D eigenvalue weighted by atomic mass is 16.4. The molecular formula is C12H24N4O. The quantitative estimate of drug-likeness (QED) is 0.766. The molecule has 0 aromatic carbocycles. The number of hydrogen-bond donors (Lipinski definition) is 2. The molecule has 0 saturated carbocycles. The molecule has 98 valence electrons. The van der Waals surface area contributed by atoms with E-state index < -0.39 is 0 Å². The first-order valence-electron chi connectivity index (χ1n) is 6.22. The summed E-state index contributed by atoms with van der Waals surface area (Å²) in [7, 11) is 0. The van der Waals surface area contributed by atoms with Gasteiger partial charge in [0.2, 0.25) is 5.89 Å². The Balaban J connectivity index is 2.40. The normalized spacial score (nSPS) is 12.1. The molecule has 0 spiro atoms. The number of hydrogen-bond acceptors (Lipinski definition) is 5. The molecule has 0 radical (unpaired) electrons. The molecule has 2 N–H and O–H groups in total. The SMILES string of the molecule is CCC(C)(C)CNc1nnc(CNC(C)C)o1. The largest absolute Gasteiger partial charge is 0.407 e. The highest BCUT2D eigenvalue weighted by Crippen LogP contribution is 2.20. The van der Waals surface area contributed by atoms with Crippen LogP contribution in [-0.2, 0) is 6.54 Å². The summed E-state index contributed by atoms with van der Waals surface area (Å²) in [4.78, 5) is 0. The maximum absolute atomic E-state index is 5.48. The first kappa shape index (κ1) is 14.0. The van der Waals surface area contributed by atoms with Gasteiger partial charge in [-0.15, -0.1) is 5.10 Å². The van der Waals surface area contributed by atoms with Gasteiger partial charge in [-0.05, 0) is 11.8 Å². The molecule has 1 aromatic rings. The molecule has 5 heteroatoms. The fraction of sp³-hybridized carbons (Fsp3) is 0.833. The van der Waals surface area contributed by atoms with E-state index in [1.807, 2.05) is 0 Å². The molecule has 5 nitrogen and oxygen atoms in total. The standard InChI is InChI=1S/C12H24N4O/c1-6-12(4,5)8-14-11-16-15-10(17-11)7-13-9(2)3/h9,13H,6-8H2,1-5H3,(H,14,16). The van der Waals surface area contributed by atoms with Gasteiger partial charge in [-0.2, -0.15) is 0 Å². The Morgan fingerprint density at radius 1 is 1.29 bits per heavy atom. The van der Waals surface area contributed by atoms with Gasteiger partial charge in [0.05, 0.1) is 6.54 Å². The second-order valence-electron chi connectivity index (χ2n) is 5.41. The predicted molar refractivity (Wildman–Crippen MR) is 68.8 cm³/mol. The Labute approximate surface area is 103 Å². The first-order chi connectivity index (χ1) is 7.93. The average molecular weight is 240 g/mol. The van der Waals surface area contributed by atoms with Gasteiger partial charge in [0.25, 0.3) is 0 Å². The topological polar surface area (TPSA) is 63.0 Å². The van der Waals surface area contributed by atoms with Gasteiger partial charge in [0.15, 0.2) is 0 Å². The predicted octanol–water partition coefficient (Wildman–Crippen LogP) is 2.42. The molecular weight excluding hydrogens is 216 g/mol. The van der Waals surface area contributed by atoms with Crippen LogP contribution in [0, 0.1) is 5.41 Å². The lowest BCUT2D eigenvalue weighted by molar-refractivity contribution is 0.370. The van der Waals surface area contributed by atoms with E-state index in [1.54, 1.807) is 0 Å². The lowest BCUT2D eigenvalue weighted by atomic mass is 9.90. The maximum atomic E-state index is 5.48. The van der Waals surface area contributed by atoms with E-state index in [4.69, 9.17) is 4.42 Å². The molecule has 0 atom stereocenters. The minimum atomic E-state index is 0.241. The van der Waals surface area contributed by atoms with E-state index >= 15 is 0 Å². The van der Waals surface area contributed by atoms with Gasteiger partial charge in [0.1, 0.15) is 0 Å². The van der Waals surface area contributed by atoms with Crippen LogP contribution in [0.3, 0.4) is 0 Å². The van der Waals surface area contributed by atoms with E-state index in [2.05, 4.69) is 55.4 Å². The third-order valence-electron chi connectivity index (χ3n) is 2.80. The van der Waals surface area contributed by atoms with E-state index in [1.165, 1.54) is 0 Å². The number of aromatic nitrogens is 2. The first-order valence-corrected chi connectivity index (χ1v) is 6.22. The Morgan fingerprint density at radius 3 is 2.59 bits per heavy atom. The summed E-state index contributed by atoms with van der Waals surface area (Å²) in [5.74, 6) is 0.621. The molecule has 0 amide bonds. The molecule has 17 heavy (non-hydrogen) atoms. The van der Waals surface area contributed by atoms with Crippen molar-refractivity contribution in [3.8, 4) is 0 Å². The van der Waals surface area contributed by atoms with Crippen molar-refractivity contribution in [2.75, 3.05) is 11.9 Å². The lowest BCUT2D eigenvalue weighted by Gasteiger charge is -2.21. The van der Waals surface area contributed by atoms with Crippen molar-refractivity contribution >= 4 is 6.01 Å². The summed E-state index contributed by atoms with van der Waals surface area (Å²) in [5.41, 5.74) is 0.241. The molecule has 0 aliphatic carbocycles. The number of nitrogens with one attached hydrogen (secondary N) is 2.